The van der Waals surface area contributed by atoms with Crippen LogP contribution in [0.2, 0.25) is 0 Å². The van der Waals surface area contributed by atoms with Gasteiger partial charge in [-0.05, 0) is 25.7 Å². The van der Waals surface area contributed by atoms with E-state index in [4.69, 9.17) is 4.74 Å². The molecule has 92 valence electrons. The zero-order chi connectivity index (χ0) is 11.5. The number of hydrogen-bond donors (Lipinski definition) is 0. The third kappa shape index (κ3) is 2.74. The first kappa shape index (κ1) is 11.9. The van der Waals surface area contributed by atoms with Crippen molar-refractivity contribution >= 4 is 5.91 Å². The standard InChI is InChI=1S/C12H22N2O2/c1-10(11-3-4-11)13-5-7-14(8-6-13)12(15)9-16-2/h10-11H,3-9H2,1-2H3. The summed E-state index contributed by atoms with van der Waals surface area (Å²) in [5.74, 6) is 1.04. The van der Waals surface area contributed by atoms with Gasteiger partial charge in [-0.15, -0.1) is 0 Å². The lowest BCUT2D eigenvalue weighted by Crippen LogP contribution is -2.52. The fourth-order valence-electron chi connectivity index (χ4n) is 2.47. The van der Waals surface area contributed by atoms with Crippen molar-refractivity contribution in [2.45, 2.75) is 25.8 Å². The second-order valence-electron chi connectivity index (χ2n) is 4.93. The number of hydrogen-bond acceptors (Lipinski definition) is 3. The third-order valence-corrected chi connectivity index (χ3v) is 3.81. The molecule has 1 atom stereocenters. The molecule has 0 N–H and O–H groups in total. The maximum absolute atomic E-state index is 11.6. The van der Waals surface area contributed by atoms with Crippen LogP contribution in [0.5, 0.6) is 0 Å². The molecule has 0 aromatic rings. The molecule has 1 heterocycles. The number of rotatable bonds is 4. The van der Waals surface area contributed by atoms with E-state index in [1.54, 1.807) is 7.11 Å². The Hall–Kier alpha value is -0.610. The Kier molecular flexibility index (Phi) is 3.82. The molecule has 1 aliphatic heterocycles. The van der Waals surface area contributed by atoms with Gasteiger partial charge in [0.15, 0.2) is 0 Å². The van der Waals surface area contributed by atoms with Crippen molar-refractivity contribution in [1.29, 1.82) is 0 Å². The maximum atomic E-state index is 11.6. The predicted octanol–water partition coefficient (Wildman–Crippen LogP) is 0.575. The Labute approximate surface area is 97.5 Å². The van der Waals surface area contributed by atoms with E-state index in [1.807, 2.05) is 4.90 Å². The van der Waals surface area contributed by atoms with E-state index in [0.29, 0.717) is 6.04 Å². The quantitative estimate of drug-likeness (QED) is 0.703. The van der Waals surface area contributed by atoms with Crippen molar-refractivity contribution in [2.24, 2.45) is 5.92 Å². The van der Waals surface area contributed by atoms with Crippen LogP contribution in [-0.4, -0.2) is 61.6 Å². The van der Waals surface area contributed by atoms with Crippen molar-refractivity contribution < 1.29 is 9.53 Å². The minimum Gasteiger partial charge on any atom is -0.375 e. The van der Waals surface area contributed by atoms with Gasteiger partial charge in [0.1, 0.15) is 6.61 Å². The van der Waals surface area contributed by atoms with Crippen LogP contribution in [0.25, 0.3) is 0 Å². The average molecular weight is 226 g/mol. The lowest BCUT2D eigenvalue weighted by atomic mass is 10.1. The maximum Gasteiger partial charge on any atom is 0.248 e. The molecule has 16 heavy (non-hydrogen) atoms. The Morgan fingerprint density at radius 2 is 1.94 bits per heavy atom. The fourth-order valence-corrected chi connectivity index (χ4v) is 2.47. The first-order valence-corrected chi connectivity index (χ1v) is 6.23. The summed E-state index contributed by atoms with van der Waals surface area (Å²) >= 11 is 0. The molecule has 0 radical (unpaired) electrons. The molecule has 2 rings (SSSR count). The van der Waals surface area contributed by atoms with Crippen molar-refractivity contribution in [2.75, 3.05) is 39.9 Å². The Morgan fingerprint density at radius 1 is 1.31 bits per heavy atom. The van der Waals surface area contributed by atoms with Crippen molar-refractivity contribution in [3.8, 4) is 0 Å². The molecule has 1 saturated carbocycles. The molecule has 1 unspecified atom stereocenters. The molecule has 1 aliphatic carbocycles. The van der Waals surface area contributed by atoms with Crippen LogP contribution in [0, 0.1) is 5.92 Å². The number of amides is 1. The smallest absolute Gasteiger partial charge is 0.248 e. The van der Waals surface area contributed by atoms with Gasteiger partial charge in [0.05, 0.1) is 0 Å². The van der Waals surface area contributed by atoms with Gasteiger partial charge in [0.25, 0.3) is 0 Å². The van der Waals surface area contributed by atoms with Crippen LogP contribution in [0.4, 0.5) is 0 Å². The first-order chi connectivity index (χ1) is 7.72. The van der Waals surface area contributed by atoms with E-state index in [1.165, 1.54) is 12.8 Å². The van der Waals surface area contributed by atoms with E-state index in [2.05, 4.69) is 11.8 Å². The zero-order valence-corrected chi connectivity index (χ0v) is 10.3. The highest BCUT2D eigenvalue weighted by molar-refractivity contribution is 5.77. The Balaban J connectivity index is 1.75. The Bertz CT molecular complexity index is 245. The summed E-state index contributed by atoms with van der Waals surface area (Å²) in [5, 5.41) is 0. The first-order valence-electron chi connectivity index (χ1n) is 6.23. The Morgan fingerprint density at radius 3 is 2.44 bits per heavy atom. The summed E-state index contributed by atoms with van der Waals surface area (Å²) < 4.78 is 4.87. The topological polar surface area (TPSA) is 32.8 Å². The number of piperazine rings is 1. The SMILES string of the molecule is COCC(=O)N1CCN(C(C)C2CC2)CC1. The molecule has 0 aromatic carbocycles. The number of ether oxygens (including phenoxy) is 1. The molecule has 2 fully saturated rings. The highest BCUT2D eigenvalue weighted by Crippen LogP contribution is 2.35. The van der Waals surface area contributed by atoms with Gasteiger partial charge >= 0.3 is 0 Å². The molecule has 4 heteroatoms. The minimum absolute atomic E-state index is 0.126. The van der Waals surface area contributed by atoms with Crippen LogP contribution in [0.15, 0.2) is 0 Å². The van der Waals surface area contributed by atoms with Crippen molar-refractivity contribution in [3.63, 3.8) is 0 Å². The largest absolute Gasteiger partial charge is 0.375 e. The van der Waals surface area contributed by atoms with Gasteiger partial charge in [-0.25, -0.2) is 0 Å². The fraction of sp³-hybridized carbons (Fsp3) is 0.917. The molecular formula is C12H22N2O2. The molecule has 0 bridgehead atoms. The van der Waals surface area contributed by atoms with E-state index in [0.717, 1.165) is 32.1 Å². The third-order valence-electron chi connectivity index (χ3n) is 3.81. The second-order valence-corrected chi connectivity index (χ2v) is 4.93. The van der Waals surface area contributed by atoms with Gasteiger partial charge in [-0.3, -0.25) is 9.69 Å². The summed E-state index contributed by atoms with van der Waals surface area (Å²) in [7, 11) is 1.57. The average Bonchev–Trinajstić information content (AvgIpc) is 3.12. The van der Waals surface area contributed by atoms with Crippen LogP contribution in [0.1, 0.15) is 19.8 Å². The van der Waals surface area contributed by atoms with E-state index >= 15 is 0 Å². The predicted molar refractivity (Wildman–Crippen MR) is 62.2 cm³/mol. The number of methoxy groups -OCH3 is 1. The normalized spacial score (nSPS) is 24.5. The summed E-state index contributed by atoms with van der Waals surface area (Å²) in [6.45, 7) is 6.31. The molecule has 0 spiro atoms. The van der Waals surface area contributed by atoms with Crippen LogP contribution in [-0.2, 0) is 9.53 Å². The molecule has 2 aliphatic rings. The number of nitrogens with zero attached hydrogens (tertiary/aromatic N) is 2. The van der Waals surface area contributed by atoms with Gasteiger partial charge < -0.3 is 9.64 Å². The number of carbonyl (C=O) groups is 1. The highest BCUT2D eigenvalue weighted by Gasteiger charge is 2.33. The molecule has 1 saturated heterocycles. The molecule has 4 nitrogen and oxygen atoms in total. The molecule has 1 amide bonds. The van der Waals surface area contributed by atoms with Crippen molar-refractivity contribution in [1.82, 2.24) is 9.80 Å². The number of carbonyl (C=O) groups excluding carboxylic acids is 1. The van der Waals surface area contributed by atoms with Gasteiger partial charge in [-0.2, -0.15) is 0 Å². The van der Waals surface area contributed by atoms with Gasteiger partial charge in [-0.1, -0.05) is 0 Å². The lowest BCUT2D eigenvalue weighted by molar-refractivity contribution is -0.137. The van der Waals surface area contributed by atoms with Gasteiger partial charge in [0.2, 0.25) is 5.91 Å². The second kappa shape index (κ2) is 5.15. The zero-order valence-electron chi connectivity index (χ0n) is 10.3. The lowest BCUT2D eigenvalue weighted by Gasteiger charge is -2.38. The van der Waals surface area contributed by atoms with E-state index in [-0.39, 0.29) is 12.5 Å². The highest BCUT2D eigenvalue weighted by atomic mass is 16.5. The van der Waals surface area contributed by atoms with E-state index in [9.17, 15) is 4.79 Å². The molecular weight excluding hydrogens is 204 g/mol. The van der Waals surface area contributed by atoms with Gasteiger partial charge in [0, 0.05) is 39.3 Å². The molecule has 0 aromatic heterocycles. The van der Waals surface area contributed by atoms with Crippen molar-refractivity contribution in [3.05, 3.63) is 0 Å². The minimum atomic E-state index is 0.126. The summed E-state index contributed by atoms with van der Waals surface area (Å²) in [4.78, 5) is 16.0. The summed E-state index contributed by atoms with van der Waals surface area (Å²) in [5.41, 5.74) is 0. The van der Waals surface area contributed by atoms with E-state index < -0.39 is 0 Å². The summed E-state index contributed by atoms with van der Waals surface area (Å²) in [6.07, 6.45) is 2.79. The monoisotopic (exact) mass is 226 g/mol. The van der Waals surface area contributed by atoms with Crippen LogP contribution >= 0.6 is 0 Å². The van der Waals surface area contributed by atoms with Crippen LogP contribution in [0.3, 0.4) is 0 Å². The summed E-state index contributed by atoms with van der Waals surface area (Å²) in [6, 6.07) is 0.708. The van der Waals surface area contributed by atoms with Crippen LogP contribution < -0.4 is 0 Å².